The van der Waals surface area contributed by atoms with Gasteiger partial charge in [0.05, 0.1) is 31.9 Å². The fourth-order valence-electron chi connectivity index (χ4n) is 3.62. The van der Waals surface area contributed by atoms with Crippen LogP contribution in [0.5, 0.6) is 11.5 Å². The van der Waals surface area contributed by atoms with Gasteiger partial charge in [-0.15, -0.1) is 0 Å². The maximum absolute atomic E-state index is 12.9. The first kappa shape index (κ1) is 20.2. The third-order valence-corrected chi connectivity index (χ3v) is 5.21. The Morgan fingerprint density at radius 1 is 1.39 bits per heavy atom. The number of aryl methyl sites for hydroxylation is 1. The Labute approximate surface area is 166 Å². The standard InChI is InChI=1S/C21H30N4O3/c1-5-8-28-19-7-6-15(9-20(19)27-4)14(2)24-21(26)18-12-22-11-17(18)16-10-23-25(3)13-16/h6-7,9-10,13-14,17-18,22H,5,8,11-12H2,1-4H3,(H,24,26)/t14?,17-,18+/m1/s1. The van der Waals surface area contributed by atoms with E-state index in [1.165, 1.54) is 0 Å². The molecular weight excluding hydrogens is 356 g/mol. The second kappa shape index (κ2) is 9.10. The van der Waals surface area contributed by atoms with E-state index in [2.05, 4.69) is 22.7 Å². The SMILES string of the molecule is CCCOc1ccc(C(C)NC(=O)[C@H]2CNC[C@@H]2c2cnn(C)c2)cc1OC. The third-order valence-electron chi connectivity index (χ3n) is 5.21. The molecule has 1 aromatic heterocycles. The van der Waals surface area contributed by atoms with Crippen LogP contribution in [0.2, 0.25) is 0 Å². The Kier molecular flexibility index (Phi) is 6.57. The molecule has 1 fully saturated rings. The molecule has 2 N–H and O–H groups in total. The lowest BCUT2D eigenvalue weighted by Gasteiger charge is -2.21. The monoisotopic (exact) mass is 386 g/mol. The zero-order valence-corrected chi connectivity index (χ0v) is 17.1. The van der Waals surface area contributed by atoms with Crippen molar-refractivity contribution in [3.05, 3.63) is 41.7 Å². The molecule has 3 atom stereocenters. The molecule has 1 unspecified atom stereocenters. The number of hydrogen-bond acceptors (Lipinski definition) is 5. The molecule has 0 aliphatic carbocycles. The van der Waals surface area contributed by atoms with Crippen LogP contribution in [0.25, 0.3) is 0 Å². The molecule has 152 valence electrons. The van der Waals surface area contributed by atoms with Crippen LogP contribution in [0.15, 0.2) is 30.6 Å². The first-order valence-corrected chi connectivity index (χ1v) is 9.83. The lowest BCUT2D eigenvalue weighted by atomic mass is 9.90. The van der Waals surface area contributed by atoms with Crippen molar-refractivity contribution in [2.45, 2.75) is 32.2 Å². The molecule has 7 heteroatoms. The van der Waals surface area contributed by atoms with Gasteiger partial charge in [-0.25, -0.2) is 0 Å². The van der Waals surface area contributed by atoms with E-state index in [4.69, 9.17) is 9.47 Å². The highest BCUT2D eigenvalue weighted by Crippen LogP contribution is 2.32. The summed E-state index contributed by atoms with van der Waals surface area (Å²) >= 11 is 0. The molecule has 1 aliphatic heterocycles. The van der Waals surface area contributed by atoms with Gasteiger partial charge in [-0.3, -0.25) is 9.48 Å². The fraction of sp³-hybridized carbons (Fsp3) is 0.524. The number of carbonyl (C=O) groups is 1. The van der Waals surface area contributed by atoms with E-state index < -0.39 is 0 Å². The minimum atomic E-state index is -0.128. The molecule has 0 radical (unpaired) electrons. The molecule has 1 aliphatic rings. The Morgan fingerprint density at radius 2 is 2.21 bits per heavy atom. The summed E-state index contributed by atoms with van der Waals surface area (Å²) < 4.78 is 12.9. The summed E-state index contributed by atoms with van der Waals surface area (Å²) in [6, 6.07) is 5.68. The van der Waals surface area contributed by atoms with Gasteiger partial charge in [0.2, 0.25) is 5.91 Å². The van der Waals surface area contributed by atoms with Gasteiger partial charge in [0.15, 0.2) is 11.5 Å². The van der Waals surface area contributed by atoms with E-state index in [0.717, 1.165) is 29.8 Å². The highest BCUT2D eigenvalue weighted by Gasteiger charge is 2.35. The van der Waals surface area contributed by atoms with Crippen LogP contribution >= 0.6 is 0 Å². The number of ether oxygens (including phenoxy) is 2. The minimum Gasteiger partial charge on any atom is -0.493 e. The van der Waals surface area contributed by atoms with Crippen LogP contribution in [0.1, 0.15) is 43.4 Å². The number of carbonyl (C=O) groups excluding carboxylic acids is 1. The van der Waals surface area contributed by atoms with Gasteiger partial charge < -0.3 is 20.1 Å². The van der Waals surface area contributed by atoms with Crippen molar-refractivity contribution < 1.29 is 14.3 Å². The Balaban J connectivity index is 1.68. The molecule has 2 aromatic rings. The Hall–Kier alpha value is -2.54. The highest BCUT2D eigenvalue weighted by atomic mass is 16.5. The molecule has 3 rings (SSSR count). The molecule has 0 spiro atoms. The summed E-state index contributed by atoms with van der Waals surface area (Å²) in [7, 11) is 3.52. The molecule has 1 amide bonds. The van der Waals surface area contributed by atoms with E-state index in [9.17, 15) is 4.79 Å². The largest absolute Gasteiger partial charge is 0.493 e. The molecular formula is C21H30N4O3. The number of benzene rings is 1. The molecule has 1 saturated heterocycles. The minimum absolute atomic E-state index is 0.0524. The van der Waals surface area contributed by atoms with Gasteiger partial charge in [-0.1, -0.05) is 13.0 Å². The molecule has 7 nitrogen and oxygen atoms in total. The van der Waals surface area contributed by atoms with Gasteiger partial charge in [0.1, 0.15) is 0 Å². The fourth-order valence-corrected chi connectivity index (χ4v) is 3.62. The maximum atomic E-state index is 12.9. The van der Waals surface area contributed by atoms with E-state index in [-0.39, 0.29) is 23.8 Å². The Morgan fingerprint density at radius 3 is 2.89 bits per heavy atom. The van der Waals surface area contributed by atoms with E-state index >= 15 is 0 Å². The van der Waals surface area contributed by atoms with Crippen molar-refractivity contribution in [3.8, 4) is 11.5 Å². The lowest BCUT2D eigenvalue weighted by Crippen LogP contribution is -2.36. The lowest BCUT2D eigenvalue weighted by molar-refractivity contribution is -0.125. The number of methoxy groups -OCH3 is 1. The van der Waals surface area contributed by atoms with Crippen molar-refractivity contribution in [1.82, 2.24) is 20.4 Å². The predicted molar refractivity (Wildman–Crippen MR) is 108 cm³/mol. The number of amides is 1. The number of hydrogen-bond donors (Lipinski definition) is 2. The topological polar surface area (TPSA) is 77.4 Å². The van der Waals surface area contributed by atoms with Gasteiger partial charge >= 0.3 is 0 Å². The average Bonchev–Trinajstić information content (AvgIpc) is 3.34. The van der Waals surface area contributed by atoms with E-state index in [1.54, 1.807) is 11.8 Å². The average molecular weight is 386 g/mol. The van der Waals surface area contributed by atoms with Gasteiger partial charge in [0, 0.05) is 32.3 Å². The summed E-state index contributed by atoms with van der Waals surface area (Å²) in [6.45, 7) is 6.16. The summed E-state index contributed by atoms with van der Waals surface area (Å²) in [5, 5.41) is 10.7. The van der Waals surface area contributed by atoms with E-state index in [0.29, 0.717) is 18.9 Å². The first-order chi connectivity index (χ1) is 13.5. The van der Waals surface area contributed by atoms with Crippen LogP contribution < -0.4 is 20.1 Å². The van der Waals surface area contributed by atoms with Crippen LogP contribution in [0.4, 0.5) is 0 Å². The van der Waals surface area contributed by atoms with Crippen LogP contribution in [0.3, 0.4) is 0 Å². The molecule has 1 aromatic carbocycles. The molecule has 28 heavy (non-hydrogen) atoms. The quantitative estimate of drug-likeness (QED) is 0.728. The number of aromatic nitrogens is 2. The maximum Gasteiger partial charge on any atom is 0.225 e. The van der Waals surface area contributed by atoms with Crippen molar-refractivity contribution >= 4 is 5.91 Å². The smallest absolute Gasteiger partial charge is 0.225 e. The van der Waals surface area contributed by atoms with Gasteiger partial charge in [-0.05, 0) is 36.6 Å². The zero-order chi connectivity index (χ0) is 20.1. The summed E-state index contributed by atoms with van der Waals surface area (Å²) in [4.78, 5) is 12.9. The summed E-state index contributed by atoms with van der Waals surface area (Å²) in [6.07, 6.45) is 4.77. The Bertz CT molecular complexity index is 805. The van der Waals surface area contributed by atoms with Gasteiger partial charge in [0.25, 0.3) is 0 Å². The van der Waals surface area contributed by atoms with Crippen molar-refractivity contribution in [1.29, 1.82) is 0 Å². The number of nitrogens with zero attached hydrogens (tertiary/aromatic N) is 2. The predicted octanol–water partition coefficient (Wildman–Crippen LogP) is 2.40. The second-order valence-corrected chi connectivity index (χ2v) is 7.31. The van der Waals surface area contributed by atoms with Crippen LogP contribution in [0, 0.1) is 5.92 Å². The van der Waals surface area contributed by atoms with Crippen molar-refractivity contribution in [2.75, 3.05) is 26.8 Å². The van der Waals surface area contributed by atoms with Crippen molar-refractivity contribution in [2.24, 2.45) is 13.0 Å². The molecule has 0 saturated carbocycles. The normalized spacial score (nSPS) is 20.0. The van der Waals surface area contributed by atoms with Crippen molar-refractivity contribution in [3.63, 3.8) is 0 Å². The first-order valence-electron chi connectivity index (χ1n) is 9.83. The second-order valence-electron chi connectivity index (χ2n) is 7.31. The van der Waals surface area contributed by atoms with Crippen LogP contribution in [-0.4, -0.2) is 42.5 Å². The summed E-state index contributed by atoms with van der Waals surface area (Å²) in [5.41, 5.74) is 2.08. The van der Waals surface area contributed by atoms with Gasteiger partial charge in [-0.2, -0.15) is 5.10 Å². The number of nitrogens with one attached hydrogen (secondary N) is 2. The summed E-state index contributed by atoms with van der Waals surface area (Å²) in [5.74, 6) is 1.49. The third kappa shape index (κ3) is 4.47. The molecule has 2 heterocycles. The highest BCUT2D eigenvalue weighted by molar-refractivity contribution is 5.81. The van der Waals surface area contributed by atoms with E-state index in [1.807, 2.05) is 44.6 Å². The number of rotatable bonds is 8. The van der Waals surface area contributed by atoms with Crippen LogP contribution in [-0.2, 0) is 11.8 Å². The molecule has 0 bridgehead atoms. The zero-order valence-electron chi connectivity index (χ0n) is 17.1.